The smallest absolute Gasteiger partial charge is 0.299 e. The number of nitrogens with zero attached hydrogens (tertiary/aromatic N) is 16. The van der Waals surface area contributed by atoms with Gasteiger partial charge in [0.1, 0.15) is 80.8 Å². The van der Waals surface area contributed by atoms with E-state index < -0.39 is 0 Å². The highest BCUT2D eigenvalue weighted by Crippen LogP contribution is 2.43. The quantitative estimate of drug-likeness (QED) is 0.0478. The summed E-state index contributed by atoms with van der Waals surface area (Å²) in [6, 6.07) is 61.9. The van der Waals surface area contributed by atoms with Crippen LogP contribution in [0.5, 0.6) is 57.5 Å². The van der Waals surface area contributed by atoms with Crippen molar-refractivity contribution >= 4 is 45.7 Å². The van der Waals surface area contributed by atoms with Crippen LogP contribution < -0.4 is 28.4 Å². The molecule has 26 nitrogen and oxygen atoms in total. The standard InChI is InChI=1S/C27H24N4O3.C26H24N4O3.2C26H24N4O2/c1-3-6-25(32)30-15-5-9-23(30)27-29-26(24-18-28-14-16-31(24)27)19-10-12-20(13-11-19)34-22-8-4-7-21(17-22)33-2;1-3-24(31)29-15-4-5-22(29)26-28-25(23-17-27-14-16-30(23)26)18-6-8-20(9-7-18)33-21-12-10-19(32-2)11-13-21;2*1-3-24(31)29-14-5-8-22(29)26-28-25(23-17-27-13-15-30(23)26)19-9-11-20(12-10-19)32-21-7-4-6-18(2)16-21/h4,7-8,10-14,16-18,23H,5,9,15H2,1-2H3;3,6-14,16-17,22H,1,4-5,15H2,2H3;2*3-4,6-7,9-13,15-17,22H,1,5,8,14H2,2H3/t23-;3*22-/m0000/s1. The zero-order chi connectivity index (χ0) is 90.4. The molecule has 0 N–H and O–H groups in total. The van der Waals surface area contributed by atoms with Crippen LogP contribution in [0.15, 0.2) is 306 Å². The lowest BCUT2D eigenvalue weighted by molar-refractivity contribution is -0.127. The fourth-order valence-corrected chi connectivity index (χ4v) is 17.3. The number of aryl methyl sites for hydroxylation is 2. The maximum atomic E-state index is 12.6. The molecule has 8 aromatic carbocycles. The first-order chi connectivity index (χ1) is 64.1. The van der Waals surface area contributed by atoms with Crippen LogP contribution in [0, 0.1) is 25.7 Å². The van der Waals surface area contributed by atoms with Gasteiger partial charge in [0, 0.05) is 104 Å². The summed E-state index contributed by atoms with van der Waals surface area (Å²) >= 11 is 0. The highest BCUT2D eigenvalue weighted by Gasteiger charge is 2.38. The number of rotatable bonds is 21. The molecule has 12 heterocycles. The SMILES string of the molecule is C=CC(=O)N1CCC[C@H]1c1nc(-c2ccc(Oc3ccc(OC)cc3)cc2)c2cnccn12.C=CC(=O)N1CCC[C@H]1c1nc(-c2ccc(Oc3cccc(C)c3)cc2)c2cnccn12.C=CC(=O)N1CCC[C@H]1c1nc(-c2ccc(Oc3cccc(C)c3)cc2)c2cnccn12.CC#CC(=O)N1CCC[C@H]1c1nc(-c2ccc(Oc3cccc(OC)c3)cc2)c2cnccn12. The van der Waals surface area contributed by atoms with Crippen molar-refractivity contribution in [3.05, 3.63) is 341 Å². The largest absolute Gasteiger partial charge is 0.497 e. The molecule has 656 valence electrons. The molecule has 4 aliphatic rings. The summed E-state index contributed by atoms with van der Waals surface area (Å²) in [4.78, 5) is 94.2. The predicted molar refractivity (Wildman–Crippen MR) is 501 cm³/mol. The molecule has 8 aromatic heterocycles. The second-order valence-electron chi connectivity index (χ2n) is 31.8. The fraction of sp³-hybridized carbons (Fsp3) is 0.200. The van der Waals surface area contributed by atoms with Gasteiger partial charge in [0.15, 0.2) is 0 Å². The van der Waals surface area contributed by atoms with Crippen LogP contribution in [0.25, 0.3) is 67.1 Å². The number of hydrogen-bond donors (Lipinski definition) is 0. The van der Waals surface area contributed by atoms with E-state index in [1.165, 1.54) is 18.2 Å². The fourth-order valence-electron chi connectivity index (χ4n) is 17.3. The van der Waals surface area contributed by atoms with E-state index >= 15 is 0 Å². The molecule has 131 heavy (non-hydrogen) atoms. The van der Waals surface area contributed by atoms with E-state index in [2.05, 4.69) is 51.5 Å². The molecule has 0 aliphatic carbocycles. The Labute approximate surface area is 758 Å². The number of fused-ring (bicyclic) bond motifs is 4. The van der Waals surface area contributed by atoms with Crippen molar-refractivity contribution in [3.63, 3.8) is 0 Å². The van der Waals surface area contributed by atoms with Gasteiger partial charge in [0.05, 0.1) is 108 Å². The minimum absolute atomic E-state index is 0.0579. The molecule has 4 aliphatic heterocycles. The molecule has 20 rings (SSSR count). The Morgan fingerprint density at radius 1 is 0.344 bits per heavy atom. The highest BCUT2D eigenvalue weighted by atomic mass is 16.5. The van der Waals surface area contributed by atoms with Crippen molar-refractivity contribution in [2.24, 2.45) is 0 Å². The Morgan fingerprint density at radius 2 is 0.611 bits per heavy atom. The molecule has 4 atom stereocenters. The van der Waals surface area contributed by atoms with Gasteiger partial charge in [-0.05, 0) is 265 Å². The van der Waals surface area contributed by atoms with E-state index in [1.54, 1.807) is 52.1 Å². The third-order valence-electron chi connectivity index (χ3n) is 23.5. The van der Waals surface area contributed by atoms with Crippen molar-refractivity contribution in [1.29, 1.82) is 0 Å². The zero-order valence-electron chi connectivity index (χ0n) is 73.3. The van der Waals surface area contributed by atoms with Gasteiger partial charge in [-0.15, -0.1) is 0 Å². The number of benzene rings is 8. The van der Waals surface area contributed by atoms with E-state index in [1.807, 2.05) is 289 Å². The highest BCUT2D eigenvalue weighted by molar-refractivity contribution is 5.94. The van der Waals surface area contributed by atoms with Gasteiger partial charge < -0.3 is 48.0 Å². The molecule has 0 unspecified atom stereocenters. The van der Waals surface area contributed by atoms with Crippen molar-refractivity contribution in [2.45, 2.75) is 96.3 Å². The van der Waals surface area contributed by atoms with Gasteiger partial charge >= 0.3 is 0 Å². The number of amides is 4. The molecular formula is C105H96N16O10. The van der Waals surface area contributed by atoms with Crippen LogP contribution in [0.4, 0.5) is 0 Å². The number of likely N-dealkylation sites (tertiary alicyclic amines) is 4. The first-order valence-electron chi connectivity index (χ1n) is 43.5. The second kappa shape index (κ2) is 39.7. The van der Waals surface area contributed by atoms with Crippen LogP contribution >= 0.6 is 0 Å². The van der Waals surface area contributed by atoms with E-state index in [-0.39, 0.29) is 47.8 Å². The van der Waals surface area contributed by atoms with Gasteiger partial charge in [-0.1, -0.05) is 56.0 Å². The Hall–Kier alpha value is -16.3. The van der Waals surface area contributed by atoms with Gasteiger partial charge in [0.25, 0.3) is 5.91 Å². The number of methoxy groups -OCH3 is 2. The maximum absolute atomic E-state index is 12.6. The van der Waals surface area contributed by atoms with Crippen molar-refractivity contribution in [2.75, 3.05) is 40.4 Å². The normalized spacial score (nSPS) is 15.5. The van der Waals surface area contributed by atoms with Crippen LogP contribution in [0.3, 0.4) is 0 Å². The molecule has 0 spiro atoms. The van der Waals surface area contributed by atoms with Crippen LogP contribution in [0.2, 0.25) is 0 Å². The molecular weight excluding hydrogens is 1650 g/mol. The maximum Gasteiger partial charge on any atom is 0.299 e. The van der Waals surface area contributed by atoms with Crippen molar-refractivity contribution in [1.82, 2.24) is 77.1 Å². The summed E-state index contributed by atoms with van der Waals surface area (Å²) in [7, 11) is 3.26. The van der Waals surface area contributed by atoms with Crippen LogP contribution in [-0.2, 0) is 19.2 Å². The number of carbonyl (C=O) groups excluding carboxylic acids is 4. The first-order valence-corrected chi connectivity index (χ1v) is 43.5. The molecule has 0 radical (unpaired) electrons. The Balaban J connectivity index is 0.000000122. The lowest BCUT2D eigenvalue weighted by atomic mass is 10.1. The topological polar surface area (TPSA) is 257 Å². The number of carbonyl (C=O) groups is 4. The Morgan fingerprint density at radius 3 is 0.908 bits per heavy atom. The van der Waals surface area contributed by atoms with Crippen molar-refractivity contribution in [3.8, 4) is 114 Å². The molecule has 0 bridgehead atoms. The Bertz CT molecular complexity index is 6730. The number of aromatic nitrogens is 12. The molecule has 4 saturated heterocycles. The van der Waals surface area contributed by atoms with Gasteiger partial charge in [0.2, 0.25) is 17.7 Å². The summed E-state index contributed by atoms with van der Waals surface area (Å²) in [5.41, 5.74) is 13.1. The molecule has 26 heteroatoms. The number of imidazole rings is 4. The van der Waals surface area contributed by atoms with Gasteiger partial charge in [-0.3, -0.25) is 56.7 Å². The van der Waals surface area contributed by atoms with E-state index in [0.717, 1.165) is 212 Å². The Kier molecular flexibility index (Phi) is 26.3. The lowest BCUT2D eigenvalue weighted by Gasteiger charge is -2.22. The summed E-state index contributed by atoms with van der Waals surface area (Å²) < 4.78 is 42.5. The number of ether oxygens (including phenoxy) is 6. The van der Waals surface area contributed by atoms with E-state index in [4.69, 9.17) is 48.4 Å². The second-order valence-corrected chi connectivity index (χ2v) is 31.8. The van der Waals surface area contributed by atoms with Gasteiger partial charge in [-0.25, -0.2) is 19.9 Å². The first kappa shape index (κ1) is 86.8. The summed E-state index contributed by atoms with van der Waals surface area (Å²) in [5.74, 6) is 16.0. The van der Waals surface area contributed by atoms with E-state index in [9.17, 15) is 19.2 Å². The van der Waals surface area contributed by atoms with Gasteiger partial charge in [-0.2, -0.15) is 0 Å². The summed E-state index contributed by atoms with van der Waals surface area (Å²) in [5, 5.41) is 0. The van der Waals surface area contributed by atoms with Crippen LogP contribution in [0.1, 0.15) is 117 Å². The van der Waals surface area contributed by atoms with E-state index in [0.29, 0.717) is 24.6 Å². The van der Waals surface area contributed by atoms with Crippen molar-refractivity contribution < 1.29 is 47.6 Å². The summed E-state index contributed by atoms with van der Waals surface area (Å²) in [6.45, 7) is 19.5. The summed E-state index contributed by atoms with van der Waals surface area (Å²) in [6.07, 6.45) is 33.2. The van der Waals surface area contributed by atoms with Crippen LogP contribution in [-0.4, -0.2) is 141 Å². The lowest BCUT2D eigenvalue weighted by Crippen LogP contribution is -2.30. The minimum Gasteiger partial charge on any atom is -0.497 e. The average Bonchev–Trinajstić information content (AvgIpc) is 1.63. The molecule has 4 amide bonds. The third kappa shape index (κ3) is 19.1. The molecule has 0 saturated carbocycles. The monoisotopic (exact) mass is 1740 g/mol. The number of hydrogen-bond acceptors (Lipinski definition) is 18. The third-order valence-corrected chi connectivity index (χ3v) is 23.5. The minimum atomic E-state index is -0.156. The molecule has 16 aromatic rings. The molecule has 4 fully saturated rings. The zero-order valence-corrected chi connectivity index (χ0v) is 73.3. The average molecular weight is 1740 g/mol. The predicted octanol–water partition coefficient (Wildman–Crippen LogP) is 20.6.